The van der Waals surface area contributed by atoms with Crippen LogP contribution in [0.2, 0.25) is 0 Å². The molecule has 0 amide bonds. The van der Waals surface area contributed by atoms with Crippen molar-refractivity contribution >= 4 is 21.9 Å². The maximum absolute atomic E-state index is 11.9. The van der Waals surface area contributed by atoms with Crippen molar-refractivity contribution < 1.29 is 24.1 Å². The quantitative estimate of drug-likeness (QED) is 0.578. The Bertz CT molecular complexity index is 847. The van der Waals surface area contributed by atoms with Crippen LogP contribution in [-0.2, 0) is 17.6 Å². The molecule has 2 aromatic rings. The van der Waals surface area contributed by atoms with Crippen LogP contribution < -0.4 is 14.2 Å². The van der Waals surface area contributed by atoms with Crippen molar-refractivity contribution in [2.24, 2.45) is 5.92 Å². The van der Waals surface area contributed by atoms with Crippen molar-refractivity contribution in [1.29, 1.82) is 0 Å². The summed E-state index contributed by atoms with van der Waals surface area (Å²) in [6.07, 6.45) is 1.78. The van der Waals surface area contributed by atoms with Crippen molar-refractivity contribution in [2.45, 2.75) is 52.2 Å². The Kier molecular flexibility index (Phi) is 7.06. The number of rotatable bonds is 8. The van der Waals surface area contributed by atoms with Gasteiger partial charge in [0.05, 0.1) is 12.0 Å². The Labute approximate surface area is 180 Å². The highest BCUT2D eigenvalue weighted by Gasteiger charge is 2.23. The summed E-state index contributed by atoms with van der Waals surface area (Å²) < 4.78 is 18.0. The van der Waals surface area contributed by atoms with Gasteiger partial charge in [-0.3, -0.25) is 4.79 Å². The van der Waals surface area contributed by atoms with Crippen LogP contribution in [0.5, 0.6) is 17.2 Å². The van der Waals surface area contributed by atoms with Gasteiger partial charge in [-0.25, -0.2) is 0 Å². The first-order valence-corrected chi connectivity index (χ1v) is 10.7. The molecule has 2 unspecified atom stereocenters. The Morgan fingerprint density at radius 3 is 2.62 bits per heavy atom. The van der Waals surface area contributed by atoms with Gasteiger partial charge in [-0.2, -0.15) is 0 Å². The van der Waals surface area contributed by atoms with E-state index in [1.54, 1.807) is 0 Å². The Balaban J connectivity index is 1.66. The lowest BCUT2D eigenvalue weighted by Crippen LogP contribution is -2.26. The van der Waals surface area contributed by atoms with E-state index >= 15 is 0 Å². The van der Waals surface area contributed by atoms with E-state index in [9.17, 15) is 9.90 Å². The van der Waals surface area contributed by atoms with E-state index in [0.29, 0.717) is 37.4 Å². The number of aryl methyl sites for hydroxylation is 1. The summed E-state index contributed by atoms with van der Waals surface area (Å²) in [5.41, 5.74) is 2.01. The number of ether oxygens (including phenoxy) is 3. The molecule has 0 aliphatic carbocycles. The summed E-state index contributed by atoms with van der Waals surface area (Å²) in [6, 6.07) is 11.6. The molecule has 29 heavy (non-hydrogen) atoms. The summed E-state index contributed by atoms with van der Waals surface area (Å²) in [4.78, 5) is 11.9. The molecule has 3 rings (SSSR count). The molecule has 2 atom stereocenters. The third kappa shape index (κ3) is 5.89. The fraction of sp³-hybridized carbons (Fsp3) is 0.435. The number of aliphatic carboxylic acids is 1. The summed E-state index contributed by atoms with van der Waals surface area (Å²) in [5.74, 6) is 0.909. The highest BCUT2D eigenvalue weighted by atomic mass is 79.9. The van der Waals surface area contributed by atoms with Crippen molar-refractivity contribution in [3.63, 3.8) is 0 Å². The number of halogens is 1. The van der Waals surface area contributed by atoms with Crippen molar-refractivity contribution in [3.8, 4) is 17.2 Å². The molecule has 5 nitrogen and oxygen atoms in total. The molecule has 1 aliphatic rings. The zero-order valence-corrected chi connectivity index (χ0v) is 18.6. The number of benzene rings is 2. The van der Waals surface area contributed by atoms with E-state index < -0.39 is 11.9 Å². The van der Waals surface area contributed by atoms with Gasteiger partial charge in [0.25, 0.3) is 0 Å². The molecule has 2 aromatic carbocycles. The predicted molar refractivity (Wildman–Crippen MR) is 115 cm³/mol. The molecule has 0 spiro atoms. The van der Waals surface area contributed by atoms with Crippen LogP contribution in [0.15, 0.2) is 40.9 Å². The lowest BCUT2D eigenvalue weighted by atomic mass is 9.92. The van der Waals surface area contributed by atoms with Crippen LogP contribution >= 0.6 is 15.9 Å². The molecule has 6 heteroatoms. The van der Waals surface area contributed by atoms with Gasteiger partial charge >= 0.3 is 5.97 Å². The minimum absolute atomic E-state index is 0.0190. The molecular formula is C23H27BrO5. The lowest BCUT2D eigenvalue weighted by molar-refractivity contribution is -0.141. The first-order valence-electron chi connectivity index (χ1n) is 9.92. The molecule has 0 aromatic heterocycles. The van der Waals surface area contributed by atoms with Crippen LogP contribution in [0.3, 0.4) is 0 Å². The molecule has 1 N–H and O–H groups in total. The fourth-order valence-corrected chi connectivity index (χ4v) is 3.81. The third-order valence-electron chi connectivity index (χ3n) is 4.81. The lowest BCUT2D eigenvalue weighted by Gasteiger charge is -2.25. The van der Waals surface area contributed by atoms with Gasteiger partial charge in [0.2, 0.25) is 0 Å². The second-order valence-electron chi connectivity index (χ2n) is 7.72. The van der Waals surface area contributed by atoms with Crippen LogP contribution in [0, 0.1) is 5.92 Å². The molecule has 0 bridgehead atoms. The monoisotopic (exact) mass is 462 g/mol. The van der Waals surface area contributed by atoms with Crippen molar-refractivity contribution in [3.05, 3.63) is 52.0 Å². The van der Waals surface area contributed by atoms with Gasteiger partial charge in [-0.05, 0) is 75.4 Å². The molecule has 0 saturated carbocycles. The minimum atomic E-state index is -0.792. The average molecular weight is 463 g/mol. The van der Waals surface area contributed by atoms with E-state index in [4.69, 9.17) is 14.2 Å². The van der Waals surface area contributed by atoms with Crippen LogP contribution in [-0.4, -0.2) is 29.9 Å². The number of carboxylic acid groups (broad SMARTS) is 1. The van der Waals surface area contributed by atoms with E-state index in [1.165, 1.54) is 0 Å². The van der Waals surface area contributed by atoms with E-state index in [2.05, 4.69) is 15.9 Å². The Hall–Kier alpha value is -2.21. The summed E-state index contributed by atoms with van der Waals surface area (Å²) in [6.45, 7) is 6.43. The Morgan fingerprint density at radius 2 is 1.97 bits per heavy atom. The summed E-state index contributed by atoms with van der Waals surface area (Å²) in [7, 11) is 0. The van der Waals surface area contributed by atoms with E-state index in [-0.39, 0.29) is 12.2 Å². The van der Waals surface area contributed by atoms with E-state index in [1.807, 2.05) is 57.2 Å². The van der Waals surface area contributed by atoms with Gasteiger partial charge in [0, 0.05) is 4.47 Å². The predicted octanol–water partition coefficient (Wildman–Crippen LogP) is 5.27. The normalized spacial score (nSPS) is 16.5. The number of hydrogen-bond donors (Lipinski definition) is 1. The van der Waals surface area contributed by atoms with Gasteiger partial charge in [0.15, 0.2) is 11.5 Å². The molecule has 0 fully saturated rings. The molecule has 0 saturated heterocycles. The van der Waals surface area contributed by atoms with Gasteiger partial charge < -0.3 is 19.3 Å². The van der Waals surface area contributed by atoms with Crippen molar-refractivity contribution in [2.75, 3.05) is 6.61 Å². The zero-order chi connectivity index (χ0) is 21.0. The standard InChI is InChI=1S/C23H27BrO5/c1-14(2)28-19-8-5-16(6-9-19)4-7-17(23(25)26)10-18-11-22-21(12-20(18)24)27-13-15(3)29-22/h5-6,8-9,11-12,14-15,17H,4,7,10,13H2,1-3H3,(H,25,26). The second kappa shape index (κ2) is 9.53. The average Bonchev–Trinajstić information content (AvgIpc) is 2.66. The summed E-state index contributed by atoms with van der Waals surface area (Å²) >= 11 is 3.55. The molecule has 156 valence electrons. The summed E-state index contributed by atoms with van der Waals surface area (Å²) in [5, 5.41) is 9.74. The van der Waals surface area contributed by atoms with Crippen LogP contribution in [0.25, 0.3) is 0 Å². The fourth-order valence-electron chi connectivity index (χ4n) is 3.32. The minimum Gasteiger partial charge on any atom is -0.491 e. The number of hydrogen-bond acceptors (Lipinski definition) is 4. The maximum Gasteiger partial charge on any atom is 0.306 e. The number of carboxylic acids is 1. The van der Waals surface area contributed by atoms with Crippen LogP contribution in [0.4, 0.5) is 0 Å². The zero-order valence-electron chi connectivity index (χ0n) is 17.0. The van der Waals surface area contributed by atoms with E-state index in [0.717, 1.165) is 21.3 Å². The first kappa shape index (κ1) is 21.5. The molecular weight excluding hydrogens is 436 g/mol. The third-order valence-corrected chi connectivity index (χ3v) is 5.54. The van der Waals surface area contributed by atoms with Crippen LogP contribution in [0.1, 0.15) is 38.3 Å². The molecule has 1 heterocycles. The maximum atomic E-state index is 11.9. The molecule has 1 aliphatic heterocycles. The highest BCUT2D eigenvalue weighted by molar-refractivity contribution is 9.10. The first-order chi connectivity index (χ1) is 13.8. The van der Waals surface area contributed by atoms with Gasteiger partial charge in [-0.1, -0.05) is 28.1 Å². The van der Waals surface area contributed by atoms with Crippen molar-refractivity contribution in [1.82, 2.24) is 0 Å². The molecule has 0 radical (unpaired) electrons. The van der Waals surface area contributed by atoms with Gasteiger partial charge in [-0.15, -0.1) is 0 Å². The second-order valence-corrected chi connectivity index (χ2v) is 8.57. The Morgan fingerprint density at radius 1 is 1.24 bits per heavy atom. The SMILES string of the molecule is CC(C)Oc1ccc(CCC(Cc2cc3c(cc2Br)OCC(C)O3)C(=O)O)cc1. The van der Waals surface area contributed by atoms with Gasteiger partial charge in [0.1, 0.15) is 18.5 Å². The topological polar surface area (TPSA) is 65.0 Å². The number of fused-ring (bicyclic) bond motifs is 1. The highest BCUT2D eigenvalue weighted by Crippen LogP contribution is 2.38. The largest absolute Gasteiger partial charge is 0.491 e. The smallest absolute Gasteiger partial charge is 0.306 e. The number of carbonyl (C=O) groups is 1.